The van der Waals surface area contributed by atoms with Crippen molar-refractivity contribution in [1.82, 2.24) is 0 Å². The lowest BCUT2D eigenvalue weighted by atomic mass is 10.1. The van der Waals surface area contributed by atoms with Gasteiger partial charge in [0, 0.05) is 15.9 Å². The Balaban J connectivity index is 2.16. The lowest BCUT2D eigenvalue weighted by molar-refractivity contribution is 0.302. The van der Waals surface area contributed by atoms with E-state index >= 15 is 0 Å². The van der Waals surface area contributed by atoms with Crippen LogP contribution in [0.15, 0.2) is 36.4 Å². The van der Waals surface area contributed by atoms with Crippen molar-refractivity contribution in [3.8, 4) is 5.75 Å². The van der Waals surface area contributed by atoms with Crippen molar-refractivity contribution < 1.29 is 9.13 Å². The molecule has 2 aromatic carbocycles. The fraction of sp³-hybridized carbons (Fsp3) is 0.200. The molecule has 0 aromatic heterocycles. The molecule has 2 rings (SSSR count). The molecule has 1 nitrogen and oxygen atoms in total. The smallest absolute Gasteiger partial charge is 0.123 e. The summed E-state index contributed by atoms with van der Waals surface area (Å²) < 4.78 is 18.9. The Morgan fingerprint density at radius 1 is 1.16 bits per heavy atom. The van der Waals surface area contributed by atoms with Gasteiger partial charge >= 0.3 is 0 Å². The average molecular weight is 344 g/mol. The van der Waals surface area contributed by atoms with Crippen LogP contribution in [0.2, 0.25) is 5.02 Å². The van der Waals surface area contributed by atoms with Crippen LogP contribution in [0.3, 0.4) is 0 Å². The van der Waals surface area contributed by atoms with E-state index in [1.54, 1.807) is 12.1 Å². The standard InChI is InChI=1S/C15H13BrClFO/c1-10-2-4-14(18)7-12(10)9-19-15-5-3-13(17)6-11(15)8-16/h2-7H,8-9H2,1H3. The first-order valence-corrected chi connectivity index (χ1v) is 7.32. The van der Waals surface area contributed by atoms with E-state index in [1.807, 2.05) is 19.1 Å². The zero-order valence-electron chi connectivity index (χ0n) is 10.4. The Morgan fingerprint density at radius 3 is 2.68 bits per heavy atom. The Morgan fingerprint density at radius 2 is 1.95 bits per heavy atom. The van der Waals surface area contributed by atoms with E-state index in [-0.39, 0.29) is 5.82 Å². The third-order valence-electron chi connectivity index (χ3n) is 2.86. The monoisotopic (exact) mass is 342 g/mol. The maximum atomic E-state index is 13.2. The second kappa shape index (κ2) is 6.40. The molecule has 0 amide bonds. The first kappa shape index (κ1) is 14.4. The lowest BCUT2D eigenvalue weighted by Gasteiger charge is -2.12. The number of rotatable bonds is 4. The Labute approximate surface area is 125 Å². The minimum atomic E-state index is -0.249. The number of benzene rings is 2. The zero-order chi connectivity index (χ0) is 13.8. The van der Waals surface area contributed by atoms with Crippen LogP contribution in [0, 0.1) is 12.7 Å². The third kappa shape index (κ3) is 3.71. The van der Waals surface area contributed by atoms with Gasteiger partial charge in [0.15, 0.2) is 0 Å². The Hall–Kier alpha value is -1.06. The summed E-state index contributed by atoms with van der Waals surface area (Å²) in [5, 5.41) is 1.33. The van der Waals surface area contributed by atoms with Gasteiger partial charge in [0.05, 0.1) is 0 Å². The number of hydrogen-bond acceptors (Lipinski definition) is 1. The maximum Gasteiger partial charge on any atom is 0.123 e. The van der Waals surface area contributed by atoms with Crippen molar-refractivity contribution in [2.45, 2.75) is 18.9 Å². The first-order valence-electron chi connectivity index (χ1n) is 5.82. The second-order valence-corrected chi connectivity index (χ2v) is 5.24. The van der Waals surface area contributed by atoms with E-state index in [2.05, 4.69) is 15.9 Å². The predicted molar refractivity (Wildman–Crippen MR) is 79.6 cm³/mol. The van der Waals surface area contributed by atoms with Crippen LogP contribution in [0.5, 0.6) is 5.75 Å². The largest absolute Gasteiger partial charge is 0.489 e. The molecular formula is C15H13BrClFO. The fourth-order valence-corrected chi connectivity index (χ4v) is 2.38. The van der Waals surface area contributed by atoms with Crippen molar-refractivity contribution in [1.29, 1.82) is 0 Å². The van der Waals surface area contributed by atoms with E-state index in [9.17, 15) is 4.39 Å². The van der Waals surface area contributed by atoms with Crippen LogP contribution in [0.4, 0.5) is 4.39 Å². The minimum absolute atomic E-state index is 0.249. The summed E-state index contributed by atoms with van der Waals surface area (Å²) in [7, 11) is 0. The van der Waals surface area contributed by atoms with Gasteiger partial charge in [0.25, 0.3) is 0 Å². The number of aryl methyl sites for hydroxylation is 1. The summed E-state index contributed by atoms with van der Waals surface area (Å²) in [6.45, 7) is 2.27. The molecule has 100 valence electrons. The molecule has 0 heterocycles. The number of halogens is 3. The molecule has 0 aliphatic carbocycles. The molecule has 0 atom stereocenters. The molecule has 0 radical (unpaired) electrons. The Kier molecular flexibility index (Phi) is 4.83. The van der Waals surface area contributed by atoms with Crippen molar-refractivity contribution >= 4 is 27.5 Å². The van der Waals surface area contributed by atoms with Crippen molar-refractivity contribution in [2.24, 2.45) is 0 Å². The number of ether oxygens (including phenoxy) is 1. The van der Waals surface area contributed by atoms with Crippen molar-refractivity contribution in [3.63, 3.8) is 0 Å². The summed E-state index contributed by atoms with van der Waals surface area (Å²) in [5.74, 6) is 0.506. The van der Waals surface area contributed by atoms with Crippen LogP contribution in [-0.2, 0) is 11.9 Å². The van der Waals surface area contributed by atoms with E-state index in [4.69, 9.17) is 16.3 Å². The van der Waals surface area contributed by atoms with Gasteiger partial charge in [-0.3, -0.25) is 0 Å². The molecule has 0 N–H and O–H groups in total. The highest BCUT2D eigenvalue weighted by molar-refractivity contribution is 9.08. The summed E-state index contributed by atoms with van der Waals surface area (Å²) in [5.41, 5.74) is 2.83. The summed E-state index contributed by atoms with van der Waals surface area (Å²) in [6, 6.07) is 10.2. The van der Waals surface area contributed by atoms with Gasteiger partial charge in [-0.05, 0) is 48.4 Å². The minimum Gasteiger partial charge on any atom is -0.489 e. The molecule has 0 saturated heterocycles. The molecule has 2 aromatic rings. The summed E-state index contributed by atoms with van der Waals surface area (Å²) in [6.07, 6.45) is 0. The van der Waals surface area contributed by atoms with Crippen molar-refractivity contribution in [2.75, 3.05) is 0 Å². The molecule has 0 aliphatic heterocycles. The number of alkyl halides is 1. The van der Waals surface area contributed by atoms with Gasteiger partial charge in [0.1, 0.15) is 18.2 Å². The van der Waals surface area contributed by atoms with E-state index < -0.39 is 0 Å². The molecule has 0 spiro atoms. The van der Waals surface area contributed by atoms with Gasteiger partial charge in [-0.25, -0.2) is 4.39 Å². The van der Waals surface area contributed by atoms with Crippen LogP contribution < -0.4 is 4.74 Å². The summed E-state index contributed by atoms with van der Waals surface area (Å²) in [4.78, 5) is 0. The van der Waals surface area contributed by atoms with Gasteiger partial charge in [0.2, 0.25) is 0 Å². The SMILES string of the molecule is Cc1ccc(F)cc1COc1ccc(Cl)cc1CBr. The highest BCUT2D eigenvalue weighted by Gasteiger charge is 2.06. The van der Waals surface area contributed by atoms with Crippen LogP contribution in [0.1, 0.15) is 16.7 Å². The quantitative estimate of drug-likeness (QED) is 0.688. The Bertz CT molecular complexity index is 586. The van der Waals surface area contributed by atoms with Gasteiger partial charge in [-0.2, -0.15) is 0 Å². The fourth-order valence-electron chi connectivity index (χ4n) is 1.74. The topological polar surface area (TPSA) is 9.23 Å². The molecule has 19 heavy (non-hydrogen) atoms. The predicted octanol–water partition coefficient (Wildman–Crippen LogP) is 5.26. The maximum absolute atomic E-state index is 13.2. The number of hydrogen-bond donors (Lipinski definition) is 0. The van der Waals surface area contributed by atoms with Crippen LogP contribution >= 0.6 is 27.5 Å². The summed E-state index contributed by atoms with van der Waals surface area (Å²) >= 11 is 9.33. The van der Waals surface area contributed by atoms with E-state index in [1.165, 1.54) is 12.1 Å². The molecule has 0 fully saturated rings. The molecule has 0 saturated carbocycles. The van der Waals surface area contributed by atoms with Crippen LogP contribution in [0.25, 0.3) is 0 Å². The normalized spacial score (nSPS) is 10.5. The van der Waals surface area contributed by atoms with E-state index in [0.29, 0.717) is 17.0 Å². The molecule has 4 heteroatoms. The van der Waals surface area contributed by atoms with Gasteiger partial charge in [-0.15, -0.1) is 0 Å². The third-order valence-corrected chi connectivity index (χ3v) is 3.70. The molecule has 0 bridgehead atoms. The molecule has 0 unspecified atom stereocenters. The van der Waals surface area contributed by atoms with E-state index in [0.717, 1.165) is 22.4 Å². The first-order chi connectivity index (χ1) is 9.10. The average Bonchev–Trinajstić information content (AvgIpc) is 2.40. The van der Waals surface area contributed by atoms with Crippen LogP contribution in [-0.4, -0.2) is 0 Å². The van der Waals surface area contributed by atoms with Crippen molar-refractivity contribution in [3.05, 3.63) is 63.9 Å². The molecule has 0 aliphatic rings. The molecular weight excluding hydrogens is 331 g/mol. The van der Waals surface area contributed by atoms with Gasteiger partial charge < -0.3 is 4.74 Å². The second-order valence-electron chi connectivity index (χ2n) is 4.25. The zero-order valence-corrected chi connectivity index (χ0v) is 12.8. The lowest BCUT2D eigenvalue weighted by Crippen LogP contribution is -2.00. The highest BCUT2D eigenvalue weighted by atomic mass is 79.9. The highest BCUT2D eigenvalue weighted by Crippen LogP contribution is 2.26. The van der Waals surface area contributed by atoms with Gasteiger partial charge in [-0.1, -0.05) is 33.6 Å².